The molecule has 2 N–H and O–H groups in total. The Balaban J connectivity index is 2.84. The van der Waals surface area contributed by atoms with Crippen LogP contribution < -0.4 is 4.84 Å². The van der Waals surface area contributed by atoms with E-state index in [0.29, 0.717) is 32.0 Å². The van der Waals surface area contributed by atoms with Crippen LogP contribution in [0.3, 0.4) is 0 Å². The maximum atomic E-state index is 11.7. The predicted octanol–water partition coefficient (Wildman–Crippen LogP) is 3.42. The summed E-state index contributed by atoms with van der Waals surface area (Å²) in [5.74, 6) is -0.536. The maximum Gasteiger partial charge on any atom is 0.320 e. The SMILES string of the molecule is CC(C)CN(Cc1ccc([N+](=O)[O-])cc1)[C@H](CCCCNCl)C(=O)O. The van der Waals surface area contributed by atoms with Gasteiger partial charge in [0.25, 0.3) is 5.69 Å². The minimum absolute atomic E-state index is 0.0301. The number of carboxylic acids is 1. The van der Waals surface area contributed by atoms with Gasteiger partial charge in [-0.05, 0) is 42.5 Å². The van der Waals surface area contributed by atoms with Gasteiger partial charge in [0, 0.05) is 31.8 Å². The summed E-state index contributed by atoms with van der Waals surface area (Å²) in [4.78, 5) is 26.5. The Morgan fingerprint density at radius 1 is 1.32 bits per heavy atom. The zero-order chi connectivity index (χ0) is 18.8. The Kier molecular flexibility index (Phi) is 9.41. The van der Waals surface area contributed by atoms with Gasteiger partial charge in [0.05, 0.1) is 4.92 Å². The van der Waals surface area contributed by atoms with Gasteiger partial charge in [-0.15, -0.1) is 0 Å². The largest absolute Gasteiger partial charge is 0.480 e. The number of rotatable bonds is 12. The van der Waals surface area contributed by atoms with Crippen molar-refractivity contribution in [1.29, 1.82) is 0 Å². The Morgan fingerprint density at radius 2 is 1.96 bits per heavy atom. The summed E-state index contributed by atoms with van der Waals surface area (Å²) in [6, 6.07) is 5.67. The highest BCUT2D eigenvalue weighted by Gasteiger charge is 2.26. The fourth-order valence-electron chi connectivity index (χ4n) is 2.72. The van der Waals surface area contributed by atoms with Crippen molar-refractivity contribution in [2.75, 3.05) is 13.1 Å². The van der Waals surface area contributed by atoms with Crippen molar-refractivity contribution in [2.45, 2.75) is 45.7 Å². The molecule has 0 amide bonds. The first-order chi connectivity index (χ1) is 11.8. The van der Waals surface area contributed by atoms with Crippen LogP contribution in [0.15, 0.2) is 24.3 Å². The first kappa shape index (κ1) is 21.3. The van der Waals surface area contributed by atoms with Gasteiger partial charge in [-0.2, -0.15) is 0 Å². The van der Waals surface area contributed by atoms with E-state index in [1.165, 1.54) is 12.1 Å². The molecule has 1 atom stereocenters. The number of halogens is 1. The van der Waals surface area contributed by atoms with Crippen LogP contribution in [0, 0.1) is 16.0 Å². The third kappa shape index (κ3) is 7.81. The Morgan fingerprint density at radius 3 is 2.44 bits per heavy atom. The number of hydrogen-bond donors (Lipinski definition) is 2. The molecule has 0 spiro atoms. The van der Waals surface area contributed by atoms with E-state index in [1.807, 2.05) is 18.7 Å². The molecule has 0 bridgehead atoms. The number of unbranched alkanes of at least 4 members (excludes halogenated alkanes) is 1. The molecule has 140 valence electrons. The molecular formula is C17H26ClN3O4. The van der Waals surface area contributed by atoms with Gasteiger partial charge in [0.1, 0.15) is 6.04 Å². The fourth-order valence-corrected chi connectivity index (χ4v) is 2.85. The van der Waals surface area contributed by atoms with Gasteiger partial charge in [-0.25, -0.2) is 4.84 Å². The Bertz CT molecular complexity index is 551. The number of hydrogen-bond acceptors (Lipinski definition) is 5. The van der Waals surface area contributed by atoms with Crippen molar-refractivity contribution in [3.05, 3.63) is 39.9 Å². The molecule has 0 saturated carbocycles. The molecule has 0 aliphatic rings. The topological polar surface area (TPSA) is 95.7 Å². The first-order valence-corrected chi connectivity index (χ1v) is 8.76. The highest BCUT2D eigenvalue weighted by atomic mass is 35.5. The molecule has 0 aliphatic carbocycles. The van der Waals surface area contributed by atoms with E-state index >= 15 is 0 Å². The van der Waals surface area contributed by atoms with E-state index < -0.39 is 16.9 Å². The number of benzene rings is 1. The number of nitrogens with zero attached hydrogens (tertiary/aromatic N) is 2. The summed E-state index contributed by atoms with van der Waals surface area (Å²) in [6.07, 6.45) is 2.10. The Hall–Kier alpha value is -1.70. The normalized spacial score (nSPS) is 12.5. The van der Waals surface area contributed by atoms with Crippen LogP contribution in [-0.2, 0) is 11.3 Å². The molecule has 1 aromatic rings. The fraction of sp³-hybridized carbons (Fsp3) is 0.588. The number of nitro benzene ring substituents is 1. The Labute approximate surface area is 153 Å². The molecule has 0 heterocycles. The minimum atomic E-state index is -0.846. The van der Waals surface area contributed by atoms with Crippen LogP contribution in [0.4, 0.5) is 5.69 Å². The number of nitro groups is 1. The standard InChI is InChI=1S/C17H26ClN3O4/c1-13(2)11-20(16(17(22)23)5-3-4-10-19-18)12-14-6-8-15(9-7-14)21(24)25/h6-9,13,16,19H,3-5,10-12H2,1-2H3,(H,22,23)/t16-/m1/s1. The number of carboxylic acid groups (broad SMARTS) is 1. The van der Waals surface area contributed by atoms with Crippen LogP contribution >= 0.6 is 11.8 Å². The third-order valence-electron chi connectivity index (χ3n) is 3.86. The number of aliphatic carboxylic acids is 1. The molecule has 0 saturated heterocycles. The highest BCUT2D eigenvalue weighted by Crippen LogP contribution is 2.18. The third-order valence-corrected chi connectivity index (χ3v) is 4.05. The molecule has 0 aromatic heterocycles. The lowest BCUT2D eigenvalue weighted by molar-refractivity contribution is -0.384. The molecule has 1 rings (SSSR count). The van der Waals surface area contributed by atoms with Gasteiger partial charge >= 0.3 is 5.97 Å². The lowest BCUT2D eigenvalue weighted by Crippen LogP contribution is -2.42. The van der Waals surface area contributed by atoms with Gasteiger partial charge in [0.15, 0.2) is 0 Å². The van der Waals surface area contributed by atoms with E-state index in [4.69, 9.17) is 11.8 Å². The molecular weight excluding hydrogens is 346 g/mol. The lowest BCUT2D eigenvalue weighted by Gasteiger charge is -2.30. The predicted molar refractivity (Wildman–Crippen MR) is 97.5 cm³/mol. The number of nitrogens with one attached hydrogen (secondary N) is 1. The lowest BCUT2D eigenvalue weighted by atomic mass is 10.0. The monoisotopic (exact) mass is 371 g/mol. The molecule has 0 aliphatic heterocycles. The minimum Gasteiger partial charge on any atom is -0.480 e. The summed E-state index contributed by atoms with van der Waals surface area (Å²) < 4.78 is 0. The average Bonchev–Trinajstić information content (AvgIpc) is 2.54. The van der Waals surface area contributed by atoms with Crippen LogP contribution in [-0.4, -0.2) is 40.0 Å². The summed E-state index contributed by atoms with van der Waals surface area (Å²) >= 11 is 5.43. The second-order valence-electron chi connectivity index (χ2n) is 6.48. The summed E-state index contributed by atoms with van der Waals surface area (Å²) in [7, 11) is 0. The van der Waals surface area contributed by atoms with Gasteiger partial charge in [-0.3, -0.25) is 19.8 Å². The van der Waals surface area contributed by atoms with E-state index in [0.717, 1.165) is 18.4 Å². The van der Waals surface area contributed by atoms with Crippen molar-refractivity contribution < 1.29 is 14.8 Å². The second kappa shape index (κ2) is 11.0. The van der Waals surface area contributed by atoms with Gasteiger partial charge in [-0.1, -0.05) is 26.0 Å². The highest BCUT2D eigenvalue weighted by molar-refractivity contribution is 6.13. The van der Waals surface area contributed by atoms with E-state index in [1.54, 1.807) is 12.1 Å². The molecule has 0 unspecified atom stereocenters. The second-order valence-corrected chi connectivity index (χ2v) is 6.75. The van der Waals surface area contributed by atoms with Crippen molar-refractivity contribution in [2.24, 2.45) is 5.92 Å². The maximum absolute atomic E-state index is 11.7. The molecule has 7 nitrogen and oxygen atoms in total. The smallest absolute Gasteiger partial charge is 0.320 e. The van der Waals surface area contributed by atoms with Crippen molar-refractivity contribution in [3.63, 3.8) is 0 Å². The molecule has 0 radical (unpaired) electrons. The van der Waals surface area contributed by atoms with E-state index in [-0.39, 0.29) is 5.69 Å². The van der Waals surface area contributed by atoms with Crippen LogP contribution in [0.1, 0.15) is 38.7 Å². The number of non-ortho nitro benzene ring substituents is 1. The molecule has 0 fully saturated rings. The van der Waals surface area contributed by atoms with Gasteiger partial charge in [0.2, 0.25) is 0 Å². The summed E-state index contributed by atoms with van der Waals surface area (Å²) in [6.45, 7) is 5.81. The van der Waals surface area contributed by atoms with Crippen molar-refractivity contribution in [3.8, 4) is 0 Å². The molecule has 1 aromatic carbocycles. The zero-order valence-electron chi connectivity index (χ0n) is 14.7. The van der Waals surface area contributed by atoms with Gasteiger partial charge < -0.3 is 5.11 Å². The summed E-state index contributed by atoms with van der Waals surface area (Å²) in [5, 5.41) is 20.4. The molecule has 8 heteroatoms. The van der Waals surface area contributed by atoms with Crippen LogP contribution in [0.25, 0.3) is 0 Å². The van der Waals surface area contributed by atoms with Crippen molar-refractivity contribution in [1.82, 2.24) is 9.74 Å². The molecule has 25 heavy (non-hydrogen) atoms. The summed E-state index contributed by atoms with van der Waals surface area (Å²) in [5.41, 5.74) is 0.891. The van der Waals surface area contributed by atoms with E-state index in [2.05, 4.69) is 4.84 Å². The first-order valence-electron chi connectivity index (χ1n) is 8.38. The quantitative estimate of drug-likeness (QED) is 0.253. The van der Waals surface area contributed by atoms with E-state index in [9.17, 15) is 20.0 Å². The number of carbonyl (C=O) groups is 1. The average molecular weight is 372 g/mol. The van der Waals surface area contributed by atoms with Crippen LogP contribution in [0.5, 0.6) is 0 Å². The zero-order valence-corrected chi connectivity index (χ0v) is 15.4. The van der Waals surface area contributed by atoms with Crippen molar-refractivity contribution >= 4 is 23.4 Å². The van der Waals surface area contributed by atoms with Crippen LogP contribution in [0.2, 0.25) is 0 Å².